The summed E-state index contributed by atoms with van der Waals surface area (Å²) in [6, 6.07) is 2.72. The lowest BCUT2D eigenvalue weighted by atomic mass is 10.2. The third-order valence-electron chi connectivity index (χ3n) is 2.68. The van der Waals surface area contributed by atoms with Crippen molar-refractivity contribution >= 4 is 0 Å². The molecule has 2 aromatic rings. The number of nitrogens with one attached hydrogen (secondary N) is 1. The third-order valence-corrected chi connectivity index (χ3v) is 2.68. The zero-order valence-electron chi connectivity index (χ0n) is 12.1. The van der Waals surface area contributed by atoms with Crippen molar-refractivity contribution < 1.29 is 17.9 Å². The molecule has 0 atom stereocenters. The van der Waals surface area contributed by atoms with Crippen LogP contribution < -0.4 is 10.1 Å². The van der Waals surface area contributed by atoms with E-state index >= 15 is 0 Å². The standard InChI is InChI=1S/C14H17F2N3O2/c1-8(2)17-6-10-4-11(15)14(12(16)5-10)20-7-13-19-18-9(3)21-13/h4-5,8,17H,6-7H2,1-3H3. The van der Waals surface area contributed by atoms with Crippen LogP contribution in [0.1, 0.15) is 31.2 Å². The van der Waals surface area contributed by atoms with E-state index in [1.807, 2.05) is 13.8 Å². The first kappa shape index (κ1) is 15.4. The first-order valence-corrected chi connectivity index (χ1v) is 6.58. The predicted octanol–water partition coefficient (Wildman–Crippen LogP) is 2.73. The highest BCUT2D eigenvalue weighted by Gasteiger charge is 2.14. The van der Waals surface area contributed by atoms with Crippen LogP contribution in [0.5, 0.6) is 5.75 Å². The van der Waals surface area contributed by atoms with Crippen LogP contribution in [0.2, 0.25) is 0 Å². The van der Waals surface area contributed by atoms with Gasteiger partial charge in [0, 0.05) is 19.5 Å². The molecule has 0 aliphatic heterocycles. The number of rotatable bonds is 6. The zero-order chi connectivity index (χ0) is 15.4. The molecule has 0 aliphatic rings. The Hall–Kier alpha value is -2.02. The van der Waals surface area contributed by atoms with Gasteiger partial charge in [0.05, 0.1) is 0 Å². The highest BCUT2D eigenvalue weighted by atomic mass is 19.1. The van der Waals surface area contributed by atoms with Crippen molar-refractivity contribution in [2.45, 2.75) is 40.0 Å². The Labute approximate surface area is 121 Å². The molecule has 0 radical (unpaired) electrons. The average molecular weight is 297 g/mol. The van der Waals surface area contributed by atoms with Crippen molar-refractivity contribution in [3.05, 3.63) is 41.1 Å². The van der Waals surface area contributed by atoms with Gasteiger partial charge in [0.15, 0.2) is 24.0 Å². The smallest absolute Gasteiger partial charge is 0.253 e. The summed E-state index contributed by atoms with van der Waals surface area (Å²) in [6.07, 6.45) is 0. The largest absolute Gasteiger partial charge is 0.478 e. The molecule has 0 amide bonds. The van der Waals surface area contributed by atoms with Gasteiger partial charge in [0.25, 0.3) is 5.89 Å². The van der Waals surface area contributed by atoms with Crippen LogP contribution in [0.15, 0.2) is 16.5 Å². The molecule has 114 valence electrons. The van der Waals surface area contributed by atoms with Crippen LogP contribution in [0.25, 0.3) is 0 Å². The quantitative estimate of drug-likeness (QED) is 0.888. The van der Waals surface area contributed by atoms with Crippen molar-refractivity contribution in [3.63, 3.8) is 0 Å². The van der Waals surface area contributed by atoms with Gasteiger partial charge in [0.1, 0.15) is 0 Å². The summed E-state index contributed by atoms with van der Waals surface area (Å²) in [4.78, 5) is 0. The van der Waals surface area contributed by atoms with E-state index in [-0.39, 0.29) is 18.5 Å². The average Bonchev–Trinajstić information content (AvgIpc) is 2.81. The zero-order valence-corrected chi connectivity index (χ0v) is 12.1. The molecule has 1 aromatic heterocycles. The topological polar surface area (TPSA) is 60.2 Å². The normalized spacial score (nSPS) is 11.1. The highest BCUT2D eigenvalue weighted by Crippen LogP contribution is 2.24. The molecular weight excluding hydrogens is 280 g/mol. The summed E-state index contributed by atoms with van der Waals surface area (Å²) in [5.74, 6) is -1.43. The molecule has 0 saturated heterocycles. The Morgan fingerprint density at radius 3 is 2.43 bits per heavy atom. The number of hydrogen-bond donors (Lipinski definition) is 1. The fraction of sp³-hybridized carbons (Fsp3) is 0.429. The molecule has 0 fully saturated rings. The maximum absolute atomic E-state index is 13.9. The second-order valence-electron chi connectivity index (χ2n) is 4.93. The van der Waals surface area contributed by atoms with Gasteiger partial charge in [0.2, 0.25) is 5.89 Å². The van der Waals surface area contributed by atoms with Crippen molar-refractivity contribution in [1.29, 1.82) is 0 Å². The molecule has 0 saturated carbocycles. The van der Waals surface area contributed by atoms with E-state index in [1.165, 1.54) is 12.1 Å². The van der Waals surface area contributed by atoms with Gasteiger partial charge in [-0.15, -0.1) is 10.2 Å². The Balaban J connectivity index is 2.06. The van der Waals surface area contributed by atoms with Gasteiger partial charge >= 0.3 is 0 Å². The van der Waals surface area contributed by atoms with Crippen LogP contribution in [-0.2, 0) is 13.2 Å². The predicted molar refractivity (Wildman–Crippen MR) is 71.7 cm³/mol. The molecule has 0 aliphatic carbocycles. The Morgan fingerprint density at radius 1 is 1.24 bits per heavy atom. The van der Waals surface area contributed by atoms with Gasteiger partial charge in [-0.25, -0.2) is 8.78 Å². The number of hydrogen-bond acceptors (Lipinski definition) is 5. The van der Waals surface area contributed by atoms with Gasteiger partial charge in [-0.2, -0.15) is 0 Å². The molecule has 1 aromatic carbocycles. The number of ether oxygens (including phenoxy) is 1. The van der Waals surface area contributed by atoms with E-state index in [9.17, 15) is 8.78 Å². The van der Waals surface area contributed by atoms with E-state index in [1.54, 1.807) is 6.92 Å². The lowest BCUT2D eigenvalue weighted by Gasteiger charge is -2.11. The van der Waals surface area contributed by atoms with Crippen molar-refractivity contribution in [3.8, 4) is 5.75 Å². The summed E-state index contributed by atoms with van der Waals surface area (Å²) in [5, 5.41) is 10.4. The van der Waals surface area contributed by atoms with Crippen LogP contribution in [0, 0.1) is 18.6 Å². The fourth-order valence-electron chi connectivity index (χ4n) is 1.70. The second kappa shape index (κ2) is 6.62. The molecule has 1 N–H and O–H groups in total. The third kappa shape index (κ3) is 4.22. The van der Waals surface area contributed by atoms with E-state index < -0.39 is 17.4 Å². The molecule has 0 spiro atoms. The summed E-state index contributed by atoms with van der Waals surface area (Å²) < 4.78 is 37.9. The molecule has 0 unspecified atom stereocenters. The van der Waals surface area contributed by atoms with E-state index in [2.05, 4.69) is 15.5 Å². The minimum Gasteiger partial charge on any atom is -0.478 e. The first-order valence-electron chi connectivity index (χ1n) is 6.58. The lowest BCUT2D eigenvalue weighted by molar-refractivity contribution is 0.238. The molecule has 7 heteroatoms. The molecule has 1 heterocycles. The summed E-state index contributed by atoms with van der Waals surface area (Å²) in [5.41, 5.74) is 0.514. The SMILES string of the molecule is Cc1nnc(COc2c(F)cc(CNC(C)C)cc2F)o1. The minimum atomic E-state index is -0.758. The van der Waals surface area contributed by atoms with Gasteiger partial charge < -0.3 is 14.5 Å². The van der Waals surface area contributed by atoms with Gasteiger partial charge in [-0.1, -0.05) is 13.8 Å². The molecule has 5 nitrogen and oxygen atoms in total. The van der Waals surface area contributed by atoms with Crippen molar-refractivity contribution in [1.82, 2.24) is 15.5 Å². The number of aromatic nitrogens is 2. The fourth-order valence-corrected chi connectivity index (χ4v) is 1.70. The van der Waals surface area contributed by atoms with Crippen LogP contribution >= 0.6 is 0 Å². The summed E-state index contributed by atoms with van der Waals surface area (Å²) >= 11 is 0. The molecule has 2 rings (SSSR count). The van der Waals surface area contributed by atoms with Crippen LogP contribution in [0.3, 0.4) is 0 Å². The minimum absolute atomic E-state index is 0.164. The van der Waals surface area contributed by atoms with Crippen LogP contribution in [-0.4, -0.2) is 16.2 Å². The molecule has 0 bridgehead atoms. The lowest BCUT2D eigenvalue weighted by Crippen LogP contribution is -2.22. The maximum Gasteiger partial charge on any atom is 0.253 e. The highest BCUT2D eigenvalue weighted by molar-refractivity contribution is 5.31. The second-order valence-corrected chi connectivity index (χ2v) is 4.93. The Kier molecular flexibility index (Phi) is 4.85. The maximum atomic E-state index is 13.9. The molecule has 21 heavy (non-hydrogen) atoms. The van der Waals surface area contributed by atoms with Gasteiger partial charge in [-0.3, -0.25) is 0 Å². The van der Waals surface area contributed by atoms with E-state index in [0.29, 0.717) is 18.0 Å². The van der Waals surface area contributed by atoms with E-state index in [4.69, 9.17) is 9.15 Å². The van der Waals surface area contributed by atoms with Crippen molar-refractivity contribution in [2.75, 3.05) is 0 Å². The first-order chi connectivity index (χ1) is 9.95. The number of nitrogens with zero attached hydrogens (tertiary/aromatic N) is 2. The van der Waals surface area contributed by atoms with E-state index in [0.717, 1.165) is 0 Å². The van der Waals surface area contributed by atoms with Crippen molar-refractivity contribution in [2.24, 2.45) is 0 Å². The summed E-state index contributed by atoms with van der Waals surface area (Å²) in [6.45, 7) is 5.73. The van der Waals surface area contributed by atoms with Crippen LogP contribution in [0.4, 0.5) is 8.78 Å². The number of aryl methyl sites for hydroxylation is 1. The monoisotopic (exact) mass is 297 g/mol. The Morgan fingerprint density at radius 2 is 1.90 bits per heavy atom. The summed E-state index contributed by atoms with van der Waals surface area (Å²) in [7, 11) is 0. The molecular formula is C14H17F2N3O2. The Bertz CT molecular complexity index is 591. The number of halogens is 2. The number of benzene rings is 1. The van der Waals surface area contributed by atoms with Gasteiger partial charge in [-0.05, 0) is 17.7 Å².